The van der Waals surface area contributed by atoms with Crippen LogP contribution >= 0.6 is 11.3 Å². The number of hydrogen-bond donors (Lipinski definition) is 1. The lowest BCUT2D eigenvalue weighted by Gasteiger charge is -2.37. The summed E-state index contributed by atoms with van der Waals surface area (Å²) in [5, 5.41) is 32.1. The van der Waals surface area contributed by atoms with Gasteiger partial charge in [-0.3, -0.25) is 4.65 Å². The van der Waals surface area contributed by atoms with Crippen molar-refractivity contribution >= 4 is 16.5 Å². The van der Waals surface area contributed by atoms with E-state index in [9.17, 15) is 10.3 Å². The fourth-order valence-electron chi connectivity index (χ4n) is 1.97. The number of aromatic nitrogens is 2. The van der Waals surface area contributed by atoms with Gasteiger partial charge in [-0.2, -0.15) is 0 Å². The Morgan fingerprint density at radius 1 is 1.44 bits per heavy atom. The molecule has 0 amide bonds. The van der Waals surface area contributed by atoms with Crippen LogP contribution in [0, 0.1) is 5.21 Å². The maximum absolute atomic E-state index is 12.7. The van der Waals surface area contributed by atoms with Crippen LogP contribution in [0.1, 0.15) is 32.7 Å². The van der Waals surface area contributed by atoms with Crippen LogP contribution in [-0.2, 0) is 5.41 Å². The Morgan fingerprint density at radius 3 is 2.44 bits per heavy atom. The van der Waals surface area contributed by atoms with Crippen molar-refractivity contribution in [3.8, 4) is 0 Å². The molecule has 1 saturated heterocycles. The van der Waals surface area contributed by atoms with Crippen LogP contribution in [0.3, 0.4) is 0 Å². The molecule has 102 valence electrons. The molecule has 18 heavy (non-hydrogen) atoms. The topological polar surface area (TPSA) is 72.3 Å². The molecule has 1 aliphatic heterocycles. The Bertz CT molecular complexity index is 444. The minimum atomic E-state index is -1.00. The van der Waals surface area contributed by atoms with E-state index in [1.54, 1.807) is 0 Å². The third kappa shape index (κ3) is 2.06. The molecule has 7 heteroatoms. The predicted octanol–water partition coefficient (Wildman–Crippen LogP) is 1.25. The van der Waals surface area contributed by atoms with Gasteiger partial charge in [0.25, 0.3) is 0 Å². The van der Waals surface area contributed by atoms with Crippen LogP contribution in [0.15, 0.2) is 0 Å². The van der Waals surface area contributed by atoms with E-state index in [1.807, 2.05) is 39.6 Å². The van der Waals surface area contributed by atoms with Crippen molar-refractivity contribution in [2.45, 2.75) is 45.4 Å². The fourth-order valence-corrected chi connectivity index (χ4v) is 2.93. The first-order chi connectivity index (χ1) is 8.16. The molecule has 0 spiro atoms. The highest BCUT2D eigenvalue weighted by molar-refractivity contribution is 7.15. The molecule has 0 aromatic carbocycles. The molecule has 6 nitrogen and oxygen atoms in total. The Hall–Kier alpha value is -0.600. The molecule has 1 fully saturated rings. The Labute approximate surface area is 111 Å². The third-order valence-electron chi connectivity index (χ3n) is 3.37. The summed E-state index contributed by atoms with van der Waals surface area (Å²) in [4.78, 5) is 1.84. The van der Waals surface area contributed by atoms with Crippen molar-refractivity contribution in [2.75, 3.05) is 13.7 Å². The molecule has 0 radical (unpaired) electrons. The number of aliphatic hydroxyl groups excluding tert-OH is 1. The average molecular weight is 272 g/mol. The van der Waals surface area contributed by atoms with Gasteiger partial charge < -0.3 is 10.3 Å². The fraction of sp³-hybridized carbons (Fsp3) is 0.818. The van der Waals surface area contributed by atoms with E-state index >= 15 is 0 Å². The van der Waals surface area contributed by atoms with E-state index < -0.39 is 10.9 Å². The Morgan fingerprint density at radius 2 is 2.06 bits per heavy atom. The van der Waals surface area contributed by atoms with Gasteiger partial charge in [0.2, 0.25) is 6.23 Å². The number of nitrogens with zero attached hydrogens (tertiary/aromatic N) is 4. The van der Waals surface area contributed by atoms with Crippen molar-refractivity contribution < 1.29 is 5.11 Å². The van der Waals surface area contributed by atoms with Gasteiger partial charge in [0.1, 0.15) is 11.7 Å². The van der Waals surface area contributed by atoms with Crippen molar-refractivity contribution in [1.29, 1.82) is 0 Å². The lowest BCUT2D eigenvalue weighted by atomic mass is 9.98. The predicted molar refractivity (Wildman–Crippen MR) is 71.9 cm³/mol. The number of likely N-dealkylation sites (N-methyl/N-ethyl adjacent to an activating group) is 1. The summed E-state index contributed by atoms with van der Waals surface area (Å²) in [6.45, 7) is 8.14. The second kappa shape index (κ2) is 4.21. The maximum Gasteiger partial charge on any atom is 0.309 e. The van der Waals surface area contributed by atoms with Crippen LogP contribution in [0.5, 0.6) is 0 Å². The molecule has 3 atom stereocenters. The van der Waals surface area contributed by atoms with Gasteiger partial charge in [-0.05, 0) is 25.3 Å². The smallest absolute Gasteiger partial charge is 0.309 e. The second-order valence-corrected chi connectivity index (χ2v) is 6.94. The number of hydrogen-bond acceptors (Lipinski definition) is 6. The first kappa shape index (κ1) is 13.8. The molecule has 1 aromatic heterocycles. The molecule has 1 aromatic rings. The Kier molecular flexibility index (Phi) is 3.23. The van der Waals surface area contributed by atoms with E-state index in [0.29, 0.717) is 5.13 Å². The van der Waals surface area contributed by atoms with Gasteiger partial charge in [0, 0.05) is 5.41 Å². The third-order valence-corrected chi connectivity index (χ3v) is 4.83. The van der Waals surface area contributed by atoms with Crippen LogP contribution < -0.4 is 4.65 Å². The number of aliphatic hydroxyl groups is 1. The summed E-state index contributed by atoms with van der Waals surface area (Å²) in [7, 11) is 1.83. The van der Waals surface area contributed by atoms with Crippen molar-refractivity contribution in [2.24, 2.45) is 0 Å². The lowest BCUT2D eigenvalue weighted by Crippen LogP contribution is -2.49. The first-order valence-corrected chi connectivity index (χ1v) is 6.79. The van der Waals surface area contributed by atoms with E-state index in [4.69, 9.17) is 0 Å². The van der Waals surface area contributed by atoms with E-state index in [0.717, 1.165) is 5.01 Å². The Balaban J connectivity index is 2.35. The zero-order valence-corrected chi connectivity index (χ0v) is 12.2. The minimum absolute atomic E-state index is 0.128. The summed E-state index contributed by atoms with van der Waals surface area (Å²) >= 11 is 1.29. The number of quaternary nitrogens is 1. The largest absolute Gasteiger partial charge is 0.623 e. The van der Waals surface area contributed by atoms with Gasteiger partial charge in [0.05, 0.1) is 6.04 Å². The molecule has 2 rings (SSSR count). The summed E-state index contributed by atoms with van der Waals surface area (Å²) < 4.78 is -0.814. The highest BCUT2D eigenvalue weighted by Gasteiger charge is 2.47. The number of rotatable bonds is 1. The highest BCUT2D eigenvalue weighted by Crippen LogP contribution is 2.37. The zero-order valence-electron chi connectivity index (χ0n) is 11.4. The molecule has 1 N–H and O–H groups in total. The van der Waals surface area contributed by atoms with Gasteiger partial charge in [-0.25, -0.2) is 4.90 Å². The van der Waals surface area contributed by atoms with E-state index in [-0.39, 0.29) is 18.1 Å². The molecule has 2 heterocycles. The summed E-state index contributed by atoms with van der Waals surface area (Å²) in [6.07, 6.45) is -1.00. The van der Waals surface area contributed by atoms with E-state index in [1.165, 1.54) is 11.3 Å². The minimum Gasteiger partial charge on any atom is -0.623 e. The summed E-state index contributed by atoms with van der Waals surface area (Å²) in [5.74, 6) is 0. The van der Waals surface area contributed by atoms with Gasteiger partial charge in [-0.15, -0.1) is 5.10 Å². The average Bonchev–Trinajstić information content (AvgIpc) is 2.81. The van der Waals surface area contributed by atoms with Crippen LogP contribution in [0.4, 0.5) is 5.13 Å². The lowest BCUT2D eigenvalue weighted by molar-refractivity contribution is 0.0607. The van der Waals surface area contributed by atoms with E-state index in [2.05, 4.69) is 10.2 Å². The summed E-state index contributed by atoms with van der Waals surface area (Å²) in [6, 6.07) is -0.176. The molecule has 0 aliphatic carbocycles. The first-order valence-electron chi connectivity index (χ1n) is 5.98. The second-order valence-electron chi connectivity index (χ2n) is 5.99. The molecule has 1 aliphatic rings. The quantitative estimate of drug-likeness (QED) is 0.615. The van der Waals surface area contributed by atoms with Crippen molar-refractivity contribution in [1.82, 2.24) is 19.7 Å². The van der Waals surface area contributed by atoms with Gasteiger partial charge >= 0.3 is 5.13 Å². The van der Waals surface area contributed by atoms with Crippen LogP contribution in [0.25, 0.3) is 0 Å². The summed E-state index contributed by atoms with van der Waals surface area (Å²) in [5.41, 5.74) is -0.128. The van der Waals surface area contributed by atoms with Crippen LogP contribution in [0.2, 0.25) is 0 Å². The normalized spacial score (nSPS) is 34.2. The molecule has 0 saturated carbocycles. The van der Waals surface area contributed by atoms with Gasteiger partial charge in [0.15, 0.2) is 0 Å². The molecular formula is C11H20N4O2S. The number of hydroxylamine groups is 2. The van der Waals surface area contributed by atoms with Crippen molar-refractivity contribution in [3.63, 3.8) is 0 Å². The maximum atomic E-state index is 12.7. The molecular weight excluding hydrogens is 252 g/mol. The zero-order chi connectivity index (χ0) is 13.7. The standard InChI is InChI=1S/C11H20N4O2S/c1-7-8(16)15(17,6-14(7)5)10-13-12-9(18-10)11(2,3)4/h7-8,16H,6H2,1-5H3. The van der Waals surface area contributed by atoms with Gasteiger partial charge in [-0.1, -0.05) is 25.9 Å². The highest BCUT2D eigenvalue weighted by atomic mass is 32.1. The SMILES string of the molecule is CC1C(O)[N+]([O-])(c2nnc(C(C)(C)C)s2)CN1C. The van der Waals surface area contributed by atoms with Crippen LogP contribution in [-0.4, -0.2) is 46.2 Å². The monoisotopic (exact) mass is 272 g/mol. The van der Waals surface area contributed by atoms with Crippen molar-refractivity contribution in [3.05, 3.63) is 10.2 Å². The molecule has 0 bridgehead atoms. The molecule has 3 unspecified atom stereocenters.